The third-order valence-electron chi connectivity index (χ3n) is 3.13. The maximum Gasteiger partial charge on any atom is 0.337 e. The maximum atomic E-state index is 11.4. The average molecular weight is 301 g/mol. The summed E-state index contributed by atoms with van der Waals surface area (Å²) in [5.74, 6) is 0.250. The predicted octanol–water partition coefficient (Wildman–Crippen LogP) is 2.41. The van der Waals surface area contributed by atoms with Crippen LogP contribution in [0.4, 0.5) is 11.5 Å². The molecule has 0 saturated carbocycles. The van der Waals surface area contributed by atoms with E-state index in [0.717, 1.165) is 5.56 Å². The molecule has 7 heteroatoms. The fourth-order valence-corrected chi connectivity index (χ4v) is 1.93. The minimum Gasteiger partial charge on any atom is -0.465 e. The second kappa shape index (κ2) is 6.66. The van der Waals surface area contributed by atoms with Crippen molar-refractivity contribution in [1.29, 1.82) is 0 Å². The Morgan fingerprint density at radius 3 is 2.45 bits per heavy atom. The summed E-state index contributed by atoms with van der Waals surface area (Å²) in [5, 5.41) is 10.6. The lowest BCUT2D eigenvalue weighted by atomic mass is 10.1. The summed E-state index contributed by atoms with van der Waals surface area (Å²) >= 11 is 0. The van der Waals surface area contributed by atoms with Crippen molar-refractivity contribution >= 4 is 17.5 Å². The molecule has 2 rings (SSSR count). The highest BCUT2D eigenvalue weighted by molar-refractivity contribution is 5.89. The molecule has 0 saturated heterocycles. The average Bonchev–Trinajstić information content (AvgIpc) is 2.54. The number of esters is 1. The highest BCUT2D eigenvalue weighted by atomic mass is 16.6. The molecule has 0 aliphatic heterocycles. The lowest BCUT2D eigenvalue weighted by Crippen LogP contribution is -2.17. The molecule has 0 aliphatic rings. The van der Waals surface area contributed by atoms with Gasteiger partial charge in [-0.2, -0.15) is 0 Å². The SMILES string of the molecule is COC(=O)c1ccc(CN(C)c2ccc([N+](=O)[O-])cn2)cc1. The molecule has 0 fully saturated rings. The van der Waals surface area contributed by atoms with Gasteiger partial charge in [0, 0.05) is 19.7 Å². The number of ether oxygens (including phenoxy) is 1. The fourth-order valence-electron chi connectivity index (χ4n) is 1.93. The molecule has 114 valence electrons. The molecule has 0 unspecified atom stereocenters. The zero-order valence-corrected chi connectivity index (χ0v) is 12.2. The van der Waals surface area contributed by atoms with Crippen LogP contribution >= 0.6 is 0 Å². The van der Waals surface area contributed by atoms with Gasteiger partial charge in [-0.3, -0.25) is 10.1 Å². The molecule has 22 heavy (non-hydrogen) atoms. The van der Waals surface area contributed by atoms with E-state index >= 15 is 0 Å². The van der Waals surface area contributed by atoms with Crippen LogP contribution in [-0.2, 0) is 11.3 Å². The summed E-state index contributed by atoms with van der Waals surface area (Å²) < 4.78 is 4.64. The molecule has 0 aliphatic carbocycles. The van der Waals surface area contributed by atoms with Gasteiger partial charge in [0.1, 0.15) is 12.0 Å². The summed E-state index contributed by atoms with van der Waals surface area (Å²) in [6.45, 7) is 0.562. The molecule has 0 N–H and O–H groups in total. The smallest absolute Gasteiger partial charge is 0.337 e. The van der Waals surface area contributed by atoms with Crippen LogP contribution in [0.15, 0.2) is 42.6 Å². The number of aromatic nitrogens is 1. The number of nitrogens with zero attached hydrogens (tertiary/aromatic N) is 3. The molecular formula is C15H15N3O4. The zero-order chi connectivity index (χ0) is 16.1. The quantitative estimate of drug-likeness (QED) is 0.479. The van der Waals surface area contributed by atoms with E-state index in [1.807, 2.05) is 24.1 Å². The molecule has 0 atom stereocenters. The van der Waals surface area contributed by atoms with Crippen LogP contribution in [0, 0.1) is 10.1 Å². The van der Waals surface area contributed by atoms with Gasteiger partial charge < -0.3 is 9.64 Å². The zero-order valence-electron chi connectivity index (χ0n) is 12.2. The summed E-state index contributed by atoms with van der Waals surface area (Å²) in [6, 6.07) is 10.1. The second-order valence-corrected chi connectivity index (χ2v) is 4.68. The van der Waals surface area contributed by atoms with E-state index in [1.54, 1.807) is 18.2 Å². The van der Waals surface area contributed by atoms with Crippen LogP contribution < -0.4 is 4.90 Å². The normalized spacial score (nSPS) is 10.1. The largest absolute Gasteiger partial charge is 0.465 e. The fraction of sp³-hybridized carbons (Fsp3) is 0.200. The number of pyridine rings is 1. The van der Waals surface area contributed by atoms with Crippen LogP contribution in [0.2, 0.25) is 0 Å². The number of benzene rings is 1. The number of methoxy groups -OCH3 is 1. The van der Waals surface area contributed by atoms with Gasteiger partial charge in [-0.05, 0) is 23.8 Å². The highest BCUT2D eigenvalue weighted by Gasteiger charge is 2.09. The van der Waals surface area contributed by atoms with Gasteiger partial charge in [0.15, 0.2) is 0 Å². The van der Waals surface area contributed by atoms with Gasteiger partial charge in [0.05, 0.1) is 17.6 Å². The van der Waals surface area contributed by atoms with Crippen LogP contribution in [0.1, 0.15) is 15.9 Å². The first-order valence-electron chi connectivity index (χ1n) is 6.50. The van der Waals surface area contributed by atoms with E-state index in [4.69, 9.17) is 0 Å². The minimum atomic E-state index is -0.484. The van der Waals surface area contributed by atoms with Gasteiger partial charge in [-0.1, -0.05) is 12.1 Å². The number of hydrogen-bond donors (Lipinski definition) is 0. The monoisotopic (exact) mass is 301 g/mol. The molecule has 0 amide bonds. The number of nitro groups is 1. The molecule has 0 bridgehead atoms. The Bertz CT molecular complexity index is 668. The molecule has 1 aromatic carbocycles. The highest BCUT2D eigenvalue weighted by Crippen LogP contribution is 2.17. The van der Waals surface area contributed by atoms with Crippen molar-refractivity contribution < 1.29 is 14.5 Å². The van der Waals surface area contributed by atoms with Gasteiger partial charge in [-0.25, -0.2) is 9.78 Å². The van der Waals surface area contributed by atoms with Gasteiger partial charge in [0.25, 0.3) is 5.69 Å². The van der Waals surface area contributed by atoms with Crippen molar-refractivity contribution in [1.82, 2.24) is 4.98 Å². The van der Waals surface area contributed by atoms with Gasteiger partial charge in [0.2, 0.25) is 0 Å². The minimum absolute atomic E-state index is 0.0421. The Morgan fingerprint density at radius 2 is 1.95 bits per heavy atom. The van der Waals surface area contributed by atoms with E-state index < -0.39 is 4.92 Å². The van der Waals surface area contributed by atoms with Crippen molar-refractivity contribution in [2.24, 2.45) is 0 Å². The molecule has 2 aromatic rings. The molecule has 7 nitrogen and oxygen atoms in total. The number of carbonyl (C=O) groups is 1. The third kappa shape index (κ3) is 3.57. The molecule has 1 aromatic heterocycles. The number of rotatable bonds is 5. The Labute approximate surface area is 127 Å². The van der Waals surface area contributed by atoms with Crippen molar-refractivity contribution in [3.63, 3.8) is 0 Å². The first kappa shape index (κ1) is 15.4. The van der Waals surface area contributed by atoms with Crippen LogP contribution in [0.25, 0.3) is 0 Å². The predicted molar refractivity (Wildman–Crippen MR) is 80.8 cm³/mol. The Kier molecular flexibility index (Phi) is 4.67. The maximum absolute atomic E-state index is 11.4. The van der Waals surface area contributed by atoms with Gasteiger partial charge in [-0.15, -0.1) is 0 Å². The van der Waals surface area contributed by atoms with Crippen LogP contribution in [-0.4, -0.2) is 30.0 Å². The van der Waals surface area contributed by atoms with Crippen molar-refractivity contribution in [2.75, 3.05) is 19.1 Å². The van der Waals surface area contributed by atoms with Crippen molar-refractivity contribution in [3.05, 3.63) is 63.8 Å². The Morgan fingerprint density at radius 1 is 1.27 bits per heavy atom. The second-order valence-electron chi connectivity index (χ2n) is 4.68. The Hall–Kier alpha value is -2.96. The lowest BCUT2D eigenvalue weighted by molar-refractivity contribution is -0.385. The summed E-state index contributed by atoms with van der Waals surface area (Å²) in [6.07, 6.45) is 1.23. The summed E-state index contributed by atoms with van der Waals surface area (Å²) in [5.41, 5.74) is 1.43. The van der Waals surface area contributed by atoms with Crippen molar-refractivity contribution in [3.8, 4) is 0 Å². The number of hydrogen-bond acceptors (Lipinski definition) is 6. The first-order chi connectivity index (χ1) is 10.5. The van der Waals surface area contributed by atoms with E-state index in [0.29, 0.717) is 17.9 Å². The topological polar surface area (TPSA) is 85.6 Å². The third-order valence-corrected chi connectivity index (χ3v) is 3.13. The van der Waals surface area contributed by atoms with E-state index in [2.05, 4.69) is 9.72 Å². The van der Waals surface area contributed by atoms with Crippen LogP contribution in [0.3, 0.4) is 0 Å². The molecule has 1 heterocycles. The molecular weight excluding hydrogens is 286 g/mol. The lowest BCUT2D eigenvalue weighted by Gasteiger charge is -2.18. The molecule has 0 radical (unpaired) electrons. The van der Waals surface area contributed by atoms with E-state index in [-0.39, 0.29) is 11.7 Å². The van der Waals surface area contributed by atoms with Crippen molar-refractivity contribution in [2.45, 2.75) is 6.54 Å². The van der Waals surface area contributed by atoms with E-state index in [9.17, 15) is 14.9 Å². The summed E-state index contributed by atoms with van der Waals surface area (Å²) in [7, 11) is 3.17. The number of carbonyl (C=O) groups excluding carboxylic acids is 1. The standard InChI is InChI=1S/C15H15N3O4/c1-17(14-8-7-13(9-16-14)18(20)21)10-11-3-5-12(6-4-11)15(19)22-2/h3-9H,10H2,1-2H3. The van der Waals surface area contributed by atoms with Crippen LogP contribution in [0.5, 0.6) is 0 Å². The summed E-state index contributed by atoms with van der Waals surface area (Å²) in [4.78, 5) is 27.4. The Balaban J connectivity index is 2.06. The van der Waals surface area contributed by atoms with Gasteiger partial charge >= 0.3 is 5.97 Å². The molecule has 0 spiro atoms. The van der Waals surface area contributed by atoms with E-state index in [1.165, 1.54) is 19.4 Å². The number of anilines is 1. The first-order valence-corrected chi connectivity index (χ1v) is 6.50.